The van der Waals surface area contributed by atoms with Gasteiger partial charge >= 0.3 is 0 Å². The van der Waals surface area contributed by atoms with Gasteiger partial charge in [0.1, 0.15) is 0 Å². The number of para-hydroxylation sites is 4. The van der Waals surface area contributed by atoms with E-state index in [4.69, 9.17) is 0 Å². The van der Waals surface area contributed by atoms with E-state index in [-0.39, 0.29) is 0 Å². The summed E-state index contributed by atoms with van der Waals surface area (Å²) in [5.41, 5.74) is 14.9. The Balaban J connectivity index is 1.42. The SMILES string of the molecule is c1ccc(-c2ccccc2N(c2ccccc2-c2ccccc2)c2cccc(-c3ccccc3)c2-c2cccc3c2[nH]c2ccccc23)cc1. The number of benzene rings is 8. The van der Waals surface area contributed by atoms with Crippen LogP contribution in [0.1, 0.15) is 0 Å². The molecule has 0 saturated heterocycles. The predicted molar refractivity (Wildman–Crippen MR) is 212 cm³/mol. The van der Waals surface area contributed by atoms with E-state index < -0.39 is 0 Å². The van der Waals surface area contributed by atoms with Gasteiger partial charge in [-0.3, -0.25) is 0 Å². The van der Waals surface area contributed by atoms with E-state index in [0.717, 1.165) is 44.8 Å². The van der Waals surface area contributed by atoms with Crippen molar-refractivity contribution in [1.29, 1.82) is 0 Å². The first-order valence-corrected chi connectivity index (χ1v) is 17.1. The van der Waals surface area contributed by atoms with Crippen molar-refractivity contribution in [1.82, 2.24) is 4.98 Å². The zero-order valence-corrected chi connectivity index (χ0v) is 27.5. The molecule has 0 fully saturated rings. The fourth-order valence-electron chi connectivity index (χ4n) is 7.40. The number of fused-ring (bicyclic) bond motifs is 3. The number of aromatic nitrogens is 1. The van der Waals surface area contributed by atoms with Crippen LogP contribution in [-0.4, -0.2) is 4.98 Å². The van der Waals surface area contributed by atoms with Crippen molar-refractivity contribution < 1.29 is 0 Å². The first-order chi connectivity index (χ1) is 24.8. The summed E-state index contributed by atoms with van der Waals surface area (Å²) >= 11 is 0. The maximum absolute atomic E-state index is 3.83. The lowest BCUT2D eigenvalue weighted by atomic mass is 9.90. The van der Waals surface area contributed by atoms with Gasteiger partial charge in [0.05, 0.1) is 22.6 Å². The van der Waals surface area contributed by atoms with Crippen LogP contribution in [0.3, 0.4) is 0 Å². The summed E-state index contributed by atoms with van der Waals surface area (Å²) < 4.78 is 0. The van der Waals surface area contributed by atoms with Gasteiger partial charge in [0.15, 0.2) is 0 Å². The molecule has 0 atom stereocenters. The molecule has 0 aliphatic carbocycles. The Morgan fingerprint density at radius 1 is 0.300 bits per heavy atom. The Labute approximate surface area is 292 Å². The van der Waals surface area contributed by atoms with Crippen LogP contribution in [0, 0.1) is 0 Å². The highest BCUT2D eigenvalue weighted by atomic mass is 15.2. The molecule has 0 aliphatic rings. The molecule has 9 aromatic rings. The van der Waals surface area contributed by atoms with Crippen LogP contribution < -0.4 is 4.90 Å². The maximum atomic E-state index is 3.83. The van der Waals surface area contributed by atoms with E-state index >= 15 is 0 Å². The molecule has 1 heterocycles. The van der Waals surface area contributed by atoms with Crippen molar-refractivity contribution in [2.24, 2.45) is 0 Å². The molecule has 50 heavy (non-hydrogen) atoms. The molecule has 9 rings (SSSR count). The van der Waals surface area contributed by atoms with Crippen molar-refractivity contribution in [3.8, 4) is 44.5 Å². The lowest BCUT2D eigenvalue weighted by Crippen LogP contribution is -2.14. The van der Waals surface area contributed by atoms with Crippen molar-refractivity contribution in [3.05, 3.63) is 200 Å². The highest BCUT2D eigenvalue weighted by Gasteiger charge is 2.26. The van der Waals surface area contributed by atoms with Crippen LogP contribution in [-0.2, 0) is 0 Å². The van der Waals surface area contributed by atoms with Gasteiger partial charge < -0.3 is 9.88 Å². The normalized spacial score (nSPS) is 11.2. The molecule has 8 aromatic carbocycles. The van der Waals surface area contributed by atoms with Crippen LogP contribution >= 0.6 is 0 Å². The summed E-state index contributed by atoms with van der Waals surface area (Å²) in [5.74, 6) is 0. The highest BCUT2D eigenvalue weighted by molar-refractivity contribution is 6.15. The summed E-state index contributed by atoms with van der Waals surface area (Å²) in [6.07, 6.45) is 0. The second-order valence-electron chi connectivity index (χ2n) is 12.6. The third kappa shape index (κ3) is 5.15. The van der Waals surface area contributed by atoms with Gasteiger partial charge in [0.2, 0.25) is 0 Å². The number of H-pyrrole nitrogens is 1. The van der Waals surface area contributed by atoms with Crippen LogP contribution in [0.2, 0.25) is 0 Å². The summed E-state index contributed by atoms with van der Waals surface area (Å²) in [4.78, 5) is 6.31. The first kappa shape index (κ1) is 29.5. The van der Waals surface area contributed by atoms with Crippen molar-refractivity contribution >= 4 is 38.9 Å². The zero-order chi connectivity index (χ0) is 33.3. The van der Waals surface area contributed by atoms with E-state index in [1.54, 1.807) is 0 Å². The van der Waals surface area contributed by atoms with Crippen molar-refractivity contribution in [2.45, 2.75) is 0 Å². The fraction of sp³-hybridized carbons (Fsp3) is 0. The van der Waals surface area contributed by atoms with E-state index in [9.17, 15) is 0 Å². The van der Waals surface area contributed by atoms with Crippen LogP contribution in [0.5, 0.6) is 0 Å². The topological polar surface area (TPSA) is 19.0 Å². The van der Waals surface area contributed by atoms with Crippen molar-refractivity contribution in [2.75, 3.05) is 4.90 Å². The molecule has 2 nitrogen and oxygen atoms in total. The van der Waals surface area contributed by atoms with Gasteiger partial charge in [0.25, 0.3) is 0 Å². The molecule has 1 aromatic heterocycles. The average Bonchev–Trinajstić information content (AvgIpc) is 3.59. The Bertz CT molecular complexity index is 2500. The molecule has 0 unspecified atom stereocenters. The molecule has 0 radical (unpaired) electrons. The number of aromatic amines is 1. The molecule has 2 heteroatoms. The molecule has 0 bridgehead atoms. The highest BCUT2D eigenvalue weighted by Crippen LogP contribution is 2.51. The third-order valence-corrected chi connectivity index (χ3v) is 9.64. The minimum Gasteiger partial charge on any atom is -0.354 e. The van der Waals surface area contributed by atoms with Gasteiger partial charge in [-0.15, -0.1) is 0 Å². The van der Waals surface area contributed by atoms with Gasteiger partial charge in [-0.05, 0) is 46.5 Å². The second-order valence-corrected chi connectivity index (χ2v) is 12.6. The molecule has 0 aliphatic heterocycles. The number of hydrogen-bond acceptors (Lipinski definition) is 1. The van der Waals surface area contributed by atoms with E-state index in [1.807, 2.05) is 0 Å². The Kier molecular flexibility index (Phi) is 7.53. The summed E-state index contributed by atoms with van der Waals surface area (Å²) in [6, 6.07) is 71.8. The molecule has 0 amide bonds. The summed E-state index contributed by atoms with van der Waals surface area (Å²) in [5, 5.41) is 2.44. The monoisotopic (exact) mass is 638 g/mol. The molecular weight excluding hydrogens is 605 g/mol. The van der Waals surface area contributed by atoms with Gasteiger partial charge in [-0.2, -0.15) is 0 Å². The van der Waals surface area contributed by atoms with Gasteiger partial charge in [0, 0.05) is 38.5 Å². The standard InChI is InChI=1S/C48H34N2/c1-4-18-34(19-5-1)37-24-11-14-31-44(37)50(45-32-15-12-25-38(45)35-20-6-2-7-21-35)46-33-17-27-39(36-22-8-3-9-23-36)47(46)42-29-16-28-41-40-26-10-13-30-43(40)49-48(41)42/h1-33,49H. The molecule has 0 spiro atoms. The molecular formula is C48H34N2. The van der Waals surface area contributed by atoms with Gasteiger partial charge in [-0.25, -0.2) is 0 Å². The first-order valence-electron chi connectivity index (χ1n) is 17.1. The second kappa shape index (κ2) is 12.8. The number of nitrogens with one attached hydrogen (secondary N) is 1. The number of rotatable bonds is 7. The Hall–Kier alpha value is -6.64. The van der Waals surface area contributed by atoms with Crippen molar-refractivity contribution in [3.63, 3.8) is 0 Å². The van der Waals surface area contributed by atoms with E-state index in [1.165, 1.54) is 38.6 Å². The maximum Gasteiger partial charge on any atom is 0.0547 e. The predicted octanol–water partition coefficient (Wildman–Crippen LogP) is 13.5. The molecule has 1 N–H and O–H groups in total. The largest absolute Gasteiger partial charge is 0.354 e. The summed E-state index contributed by atoms with van der Waals surface area (Å²) in [7, 11) is 0. The minimum atomic E-state index is 1.10. The number of anilines is 3. The Morgan fingerprint density at radius 2 is 0.720 bits per heavy atom. The fourth-order valence-corrected chi connectivity index (χ4v) is 7.40. The third-order valence-electron chi connectivity index (χ3n) is 9.64. The quantitative estimate of drug-likeness (QED) is 0.184. The van der Waals surface area contributed by atoms with Crippen LogP contribution in [0.4, 0.5) is 17.1 Å². The number of hydrogen-bond donors (Lipinski definition) is 1. The zero-order valence-electron chi connectivity index (χ0n) is 27.5. The minimum absolute atomic E-state index is 1.10. The molecule has 236 valence electrons. The average molecular weight is 639 g/mol. The lowest BCUT2D eigenvalue weighted by molar-refractivity contribution is 1.28. The lowest BCUT2D eigenvalue weighted by Gasteiger charge is -2.32. The number of nitrogens with zero attached hydrogens (tertiary/aromatic N) is 1. The smallest absolute Gasteiger partial charge is 0.0547 e. The van der Waals surface area contributed by atoms with Gasteiger partial charge in [-0.1, -0.05) is 176 Å². The van der Waals surface area contributed by atoms with E-state index in [2.05, 4.69) is 210 Å². The molecule has 0 saturated carbocycles. The van der Waals surface area contributed by atoms with E-state index in [0.29, 0.717) is 0 Å². The Morgan fingerprint density at radius 3 is 1.34 bits per heavy atom. The van der Waals surface area contributed by atoms with Crippen LogP contribution in [0.25, 0.3) is 66.3 Å². The summed E-state index contributed by atoms with van der Waals surface area (Å²) in [6.45, 7) is 0. The van der Waals surface area contributed by atoms with Crippen LogP contribution in [0.15, 0.2) is 200 Å².